The normalized spacial score (nSPS) is 49.6. The Morgan fingerprint density at radius 1 is 0.863 bits per heavy atom. The molecule has 0 aromatic carbocycles. The van der Waals surface area contributed by atoms with E-state index in [1.807, 2.05) is 13.8 Å². The third-order valence-electron chi connectivity index (χ3n) is 12.0. The summed E-state index contributed by atoms with van der Waals surface area (Å²) in [7, 11) is 4.75. The molecule has 0 spiro atoms. The lowest BCUT2D eigenvalue weighted by molar-refractivity contribution is -0.317. The van der Waals surface area contributed by atoms with Crippen molar-refractivity contribution in [2.24, 2.45) is 23.7 Å². The van der Waals surface area contributed by atoms with Crippen LogP contribution in [0.3, 0.4) is 0 Å². The molecule has 51 heavy (non-hydrogen) atoms. The Kier molecular flexibility index (Phi) is 15.1. The summed E-state index contributed by atoms with van der Waals surface area (Å²) in [6.45, 7) is 17.0. The number of methoxy groups -OCH3 is 2. The molecule has 3 fully saturated rings. The van der Waals surface area contributed by atoms with Gasteiger partial charge in [-0.15, -0.1) is 0 Å². The van der Waals surface area contributed by atoms with Gasteiger partial charge in [0.15, 0.2) is 12.6 Å². The van der Waals surface area contributed by atoms with E-state index in [1.54, 1.807) is 55.5 Å². The van der Waals surface area contributed by atoms with Crippen molar-refractivity contribution < 1.29 is 63.2 Å². The van der Waals surface area contributed by atoms with E-state index < -0.39 is 102 Å². The van der Waals surface area contributed by atoms with Crippen LogP contribution in [0.15, 0.2) is 0 Å². The highest BCUT2D eigenvalue weighted by Crippen LogP contribution is 2.41. The molecule has 3 saturated heterocycles. The standard InChI is InChI=1S/C37H67NO13/c1-14-25-37(10,44)30(41)20(4)27(39)18(2)16-36(9,46-13)32(51-34-28(40)24(38-11)15-19(3)47-34)21(5)29(22(6)33(43)49-25)50-26-17-35(8,45-12)31(42)23(7)48-26/h18-26,28-32,34,38,40-42,44H,14-17H2,1-13H3/t18-,19?,20-,21+,22+,23?,24?,25-,26-,28?,29+,30+,31-,32-,34-,35?,36?,37?/m0/s1. The minimum absolute atomic E-state index is 0.109. The second-order valence-corrected chi connectivity index (χ2v) is 16.0. The molecule has 3 heterocycles. The van der Waals surface area contributed by atoms with Gasteiger partial charge in [-0.1, -0.05) is 27.7 Å². The van der Waals surface area contributed by atoms with E-state index in [9.17, 15) is 30.0 Å². The zero-order chi connectivity index (χ0) is 38.8. The first-order valence-electron chi connectivity index (χ1n) is 18.5. The lowest BCUT2D eigenvalue weighted by atomic mass is 9.74. The largest absolute Gasteiger partial charge is 0.459 e. The zero-order valence-corrected chi connectivity index (χ0v) is 33.0. The fraction of sp³-hybridized carbons (Fsp3) is 0.946. The third-order valence-corrected chi connectivity index (χ3v) is 12.0. The van der Waals surface area contributed by atoms with Crippen molar-refractivity contribution in [3.63, 3.8) is 0 Å². The van der Waals surface area contributed by atoms with Crippen LogP contribution in [0.1, 0.15) is 94.9 Å². The van der Waals surface area contributed by atoms with Gasteiger partial charge in [0, 0.05) is 44.4 Å². The molecule has 14 heteroatoms. The Balaban J connectivity index is 2.21. The van der Waals surface area contributed by atoms with E-state index in [2.05, 4.69) is 5.32 Å². The van der Waals surface area contributed by atoms with Crippen LogP contribution >= 0.6 is 0 Å². The molecule has 18 atom stereocenters. The van der Waals surface area contributed by atoms with E-state index in [0.29, 0.717) is 6.42 Å². The van der Waals surface area contributed by atoms with Gasteiger partial charge in [0.1, 0.15) is 29.7 Å². The number of nitrogens with one attached hydrogen (secondary N) is 1. The molecule has 0 aromatic heterocycles. The van der Waals surface area contributed by atoms with Crippen LogP contribution < -0.4 is 5.32 Å². The fourth-order valence-corrected chi connectivity index (χ4v) is 8.38. The summed E-state index contributed by atoms with van der Waals surface area (Å²) in [6.07, 6.45) is -8.78. The number of carbonyl (C=O) groups is 2. The van der Waals surface area contributed by atoms with Crippen molar-refractivity contribution in [1.29, 1.82) is 0 Å². The number of Topliss-reactive ketones (excluding diaryl/α,β-unsaturated/α-hetero) is 1. The van der Waals surface area contributed by atoms with Crippen molar-refractivity contribution in [3.8, 4) is 0 Å². The summed E-state index contributed by atoms with van der Waals surface area (Å²) in [5.41, 5.74) is -4.24. The van der Waals surface area contributed by atoms with Crippen LogP contribution in [0, 0.1) is 23.7 Å². The number of hydrogen-bond donors (Lipinski definition) is 5. The lowest BCUT2D eigenvalue weighted by Gasteiger charge is -2.49. The van der Waals surface area contributed by atoms with Crippen molar-refractivity contribution in [2.45, 2.75) is 179 Å². The highest BCUT2D eigenvalue weighted by atomic mass is 16.7. The Labute approximate surface area is 304 Å². The Morgan fingerprint density at radius 2 is 1.47 bits per heavy atom. The van der Waals surface area contributed by atoms with Gasteiger partial charge in [0.25, 0.3) is 0 Å². The number of ether oxygens (including phenoxy) is 7. The van der Waals surface area contributed by atoms with Crippen LogP contribution in [0.4, 0.5) is 0 Å². The molecule has 14 nitrogen and oxygen atoms in total. The maximum atomic E-state index is 14.1. The number of hydrogen-bond acceptors (Lipinski definition) is 14. The summed E-state index contributed by atoms with van der Waals surface area (Å²) in [4.78, 5) is 28.1. The van der Waals surface area contributed by atoms with Crippen LogP contribution in [-0.2, 0) is 42.7 Å². The monoisotopic (exact) mass is 733 g/mol. The highest BCUT2D eigenvalue weighted by molar-refractivity contribution is 5.83. The predicted octanol–water partition coefficient (Wildman–Crippen LogP) is 2.10. The number of cyclic esters (lactones) is 1. The number of aliphatic hydroxyl groups is 4. The van der Waals surface area contributed by atoms with Gasteiger partial charge >= 0.3 is 5.97 Å². The number of aliphatic hydroxyl groups excluding tert-OH is 3. The third kappa shape index (κ3) is 9.33. The van der Waals surface area contributed by atoms with E-state index in [-0.39, 0.29) is 37.2 Å². The second-order valence-electron chi connectivity index (χ2n) is 16.0. The minimum Gasteiger partial charge on any atom is -0.459 e. The molecular formula is C37H67NO13. The number of esters is 1. The first-order chi connectivity index (χ1) is 23.6. The Bertz CT molecular complexity index is 1160. The Morgan fingerprint density at radius 3 is 2.02 bits per heavy atom. The van der Waals surface area contributed by atoms with Crippen molar-refractivity contribution in [3.05, 3.63) is 0 Å². The van der Waals surface area contributed by atoms with Crippen molar-refractivity contribution in [1.82, 2.24) is 5.32 Å². The maximum absolute atomic E-state index is 14.1. The number of rotatable bonds is 8. The topological polar surface area (TPSA) is 192 Å². The zero-order valence-electron chi connectivity index (χ0n) is 33.0. The van der Waals surface area contributed by atoms with Crippen LogP contribution in [0.5, 0.6) is 0 Å². The predicted molar refractivity (Wildman–Crippen MR) is 186 cm³/mol. The maximum Gasteiger partial charge on any atom is 0.311 e. The SMILES string of the molecule is CC[C@@H]1OC(=O)[C@H](C)[C@H](O[C@H]2CC(C)(OC)[C@@H](O)C(C)O2)[C@@H](C)[C@H](O[C@@H]2OC(C)CC(NC)C2O)C(C)(OC)C[C@H](C)C(=O)[C@H](C)[C@@H](O)C1(C)O. The van der Waals surface area contributed by atoms with Gasteiger partial charge in [-0.2, -0.15) is 0 Å². The fourth-order valence-electron chi connectivity index (χ4n) is 8.38. The van der Waals surface area contributed by atoms with Gasteiger partial charge in [-0.05, 0) is 67.9 Å². The minimum atomic E-state index is -1.96. The van der Waals surface area contributed by atoms with Gasteiger partial charge in [-0.25, -0.2) is 0 Å². The summed E-state index contributed by atoms with van der Waals surface area (Å²) in [5, 5.41) is 48.4. The average molecular weight is 734 g/mol. The van der Waals surface area contributed by atoms with Crippen molar-refractivity contribution in [2.75, 3.05) is 21.3 Å². The van der Waals surface area contributed by atoms with E-state index in [4.69, 9.17) is 33.2 Å². The van der Waals surface area contributed by atoms with E-state index in [1.165, 1.54) is 21.1 Å². The molecule has 0 radical (unpaired) electrons. The molecule has 298 valence electrons. The summed E-state index contributed by atoms with van der Waals surface area (Å²) in [5.74, 6) is -4.47. The van der Waals surface area contributed by atoms with Gasteiger partial charge in [0.2, 0.25) is 0 Å². The molecule has 7 unspecified atom stereocenters. The second kappa shape index (κ2) is 17.4. The molecule has 3 aliphatic heterocycles. The first-order valence-corrected chi connectivity index (χ1v) is 18.5. The quantitative estimate of drug-likeness (QED) is 0.228. The molecule has 5 N–H and O–H groups in total. The number of carbonyl (C=O) groups excluding carboxylic acids is 2. The number of ketones is 1. The molecular weight excluding hydrogens is 666 g/mol. The summed E-state index contributed by atoms with van der Waals surface area (Å²) in [6, 6.07) is -0.334. The van der Waals surface area contributed by atoms with E-state index >= 15 is 0 Å². The highest BCUT2D eigenvalue weighted by Gasteiger charge is 2.54. The molecule has 0 bridgehead atoms. The van der Waals surface area contributed by atoms with Crippen LogP contribution in [-0.4, -0.2) is 138 Å². The summed E-state index contributed by atoms with van der Waals surface area (Å²) >= 11 is 0. The molecule has 0 aromatic rings. The first kappa shape index (κ1) is 44.1. The average Bonchev–Trinajstić information content (AvgIpc) is 3.09. The van der Waals surface area contributed by atoms with Gasteiger partial charge in [-0.3, -0.25) is 9.59 Å². The molecule has 0 aliphatic carbocycles. The van der Waals surface area contributed by atoms with E-state index in [0.717, 1.165) is 0 Å². The smallest absolute Gasteiger partial charge is 0.311 e. The summed E-state index contributed by atoms with van der Waals surface area (Å²) < 4.78 is 43.7. The van der Waals surface area contributed by atoms with Gasteiger partial charge in [0.05, 0.1) is 47.6 Å². The Hall–Kier alpha value is -1.30. The lowest BCUT2D eigenvalue weighted by Crippen LogP contribution is -2.61. The van der Waals surface area contributed by atoms with Gasteiger partial charge < -0.3 is 58.9 Å². The number of likely N-dealkylation sites (N-methyl/N-ethyl adjacent to an activating group) is 1. The van der Waals surface area contributed by atoms with Crippen LogP contribution in [0.2, 0.25) is 0 Å². The molecule has 0 amide bonds. The van der Waals surface area contributed by atoms with Crippen molar-refractivity contribution >= 4 is 11.8 Å². The van der Waals surface area contributed by atoms with Crippen LogP contribution in [0.25, 0.3) is 0 Å². The molecule has 0 saturated carbocycles. The molecule has 3 rings (SSSR count). The molecule has 3 aliphatic rings.